The topological polar surface area (TPSA) is 49.8 Å². The lowest BCUT2D eigenvalue weighted by Crippen LogP contribution is -2.41. The molecule has 4 rings (SSSR count). The predicted octanol–water partition coefficient (Wildman–Crippen LogP) is 4.36. The van der Waals surface area contributed by atoms with Gasteiger partial charge in [0.25, 0.3) is 0 Å². The van der Waals surface area contributed by atoms with Crippen molar-refractivity contribution in [2.75, 3.05) is 11.5 Å². The molecule has 1 N–H and O–H groups in total. The van der Waals surface area contributed by atoms with Crippen molar-refractivity contribution in [3.8, 4) is 0 Å². The van der Waals surface area contributed by atoms with Crippen molar-refractivity contribution in [3.63, 3.8) is 0 Å². The van der Waals surface area contributed by atoms with E-state index in [2.05, 4.69) is 23.1 Å². The number of aliphatic hydroxyl groups is 1. The number of carbonyl (C=O) groups is 1. The van der Waals surface area contributed by atoms with E-state index in [1.54, 1.807) is 0 Å². The highest BCUT2D eigenvalue weighted by molar-refractivity contribution is 5.96. The average molecular weight is 387 g/mol. The van der Waals surface area contributed by atoms with Crippen LogP contribution in [0.2, 0.25) is 0 Å². The Labute approximate surface area is 171 Å². The van der Waals surface area contributed by atoms with Crippen LogP contribution >= 0.6 is 0 Å². The van der Waals surface area contributed by atoms with E-state index in [1.165, 1.54) is 11.1 Å². The number of carbonyl (C=O) groups excluding carboxylic acids is 1. The number of esters is 1. The molecule has 3 aromatic carbocycles. The number of hydrogen-bond donors (Lipinski definition) is 1. The third kappa shape index (κ3) is 4.33. The number of aliphatic hydroxyl groups excluding tert-OH is 1. The van der Waals surface area contributed by atoms with Gasteiger partial charge in [-0.2, -0.15) is 0 Å². The highest BCUT2D eigenvalue weighted by atomic mass is 16.5. The minimum absolute atomic E-state index is 0.115. The molecular formula is C25H25NO3. The first-order chi connectivity index (χ1) is 14.3. The van der Waals surface area contributed by atoms with Gasteiger partial charge in [0, 0.05) is 19.2 Å². The van der Waals surface area contributed by atoms with Crippen molar-refractivity contribution >= 4 is 11.7 Å². The summed E-state index contributed by atoms with van der Waals surface area (Å²) >= 11 is 0. The van der Waals surface area contributed by atoms with Gasteiger partial charge in [-0.25, -0.2) is 4.79 Å². The molecule has 1 aliphatic heterocycles. The zero-order valence-corrected chi connectivity index (χ0v) is 16.3. The van der Waals surface area contributed by atoms with Crippen LogP contribution in [0.4, 0.5) is 5.69 Å². The first-order valence-corrected chi connectivity index (χ1v) is 10.0. The molecule has 0 radical (unpaired) electrons. The van der Waals surface area contributed by atoms with Crippen molar-refractivity contribution < 1.29 is 14.6 Å². The molecule has 1 atom stereocenters. The van der Waals surface area contributed by atoms with Gasteiger partial charge in [-0.15, -0.1) is 0 Å². The third-order valence-electron chi connectivity index (χ3n) is 5.46. The third-order valence-corrected chi connectivity index (χ3v) is 5.46. The molecule has 0 spiro atoms. The standard InChI is InChI=1S/C25H25NO3/c27-15-14-22-16-20-10-4-5-11-21(20)17-26(22)24-13-7-6-12-23(24)25(28)29-18-19-8-2-1-3-9-19/h1-13,22,27H,14-18H2/t22-/m1/s1. The second-order valence-corrected chi connectivity index (χ2v) is 7.35. The highest BCUT2D eigenvalue weighted by Gasteiger charge is 2.28. The summed E-state index contributed by atoms with van der Waals surface area (Å²) in [5, 5.41) is 9.60. The lowest BCUT2D eigenvalue weighted by Gasteiger charge is -2.39. The van der Waals surface area contributed by atoms with E-state index in [-0.39, 0.29) is 25.2 Å². The quantitative estimate of drug-likeness (QED) is 0.639. The number of hydrogen-bond acceptors (Lipinski definition) is 4. The lowest BCUT2D eigenvalue weighted by atomic mass is 9.91. The first-order valence-electron chi connectivity index (χ1n) is 10.0. The van der Waals surface area contributed by atoms with Gasteiger partial charge >= 0.3 is 5.97 Å². The summed E-state index contributed by atoms with van der Waals surface area (Å²) in [6.45, 7) is 1.07. The fourth-order valence-electron chi connectivity index (χ4n) is 3.97. The maximum atomic E-state index is 12.9. The number of nitrogens with zero attached hydrogens (tertiary/aromatic N) is 1. The van der Waals surface area contributed by atoms with Crippen LogP contribution in [0.1, 0.15) is 33.5 Å². The van der Waals surface area contributed by atoms with Crippen LogP contribution in [0.25, 0.3) is 0 Å². The molecule has 4 heteroatoms. The van der Waals surface area contributed by atoms with E-state index >= 15 is 0 Å². The van der Waals surface area contributed by atoms with Crippen LogP contribution in [0.5, 0.6) is 0 Å². The summed E-state index contributed by atoms with van der Waals surface area (Å²) in [6.07, 6.45) is 1.51. The number of fused-ring (bicyclic) bond motifs is 1. The van der Waals surface area contributed by atoms with Crippen molar-refractivity contribution in [3.05, 3.63) is 101 Å². The van der Waals surface area contributed by atoms with Crippen molar-refractivity contribution in [1.82, 2.24) is 0 Å². The van der Waals surface area contributed by atoms with Crippen LogP contribution in [0, 0.1) is 0 Å². The fraction of sp³-hybridized carbons (Fsp3) is 0.240. The van der Waals surface area contributed by atoms with Gasteiger partial charge in [0.2, 0.25) is 0 Å². The van der Waals surface area contributed by atoms with Crippen molar-refractivity contribution in [2.24, 2.45) is 0 Å². The largest absolute Gasteiger partial charge is 0.457 e. The number of para-hydroxylation sites is 1. The second-order valence-electron chi connectivity index (χ2n) is 7.35. The van der Waals surface area contributed by atoms with Crippen molar-refractivity contribution in [1.29, 1.82) is 0 Å². The molecule has 0 amide bonds. The van der Waals surface area contributed by atoms with Gasteiger partial charge in [-0.1, -0.05) is 66.7 Å². The van der Waals surface area contributed by atoms with E-state index < -0.39 is 0 Å². The molecule has 0 fully saturated rings. The molecule has 29 heavy (non-hydrogen) atoms. The van der Waals surface area contributed by atoms with Crippen LogP contribution in [-0.2, 0) is 24.3 Å². The van der Waals surface area contributed by atoms with Gasteiger partial charge in [0.1, 0.15) is 6.61 Å². The van der Waals surface area contributed by atoms with Gasteiger partial charge < -0.3 is 14.7 Å². The van der Waals surface area contributed by atoms with Crippen molar-refractivity contribution in [2.45, 2.75) is 32.0 Å². The Kier molecular flexibility index (Phi) is 5.92. The van der Waals surface area contributed by atoms with E-state index in [1.807, 2.05) is 60.7 Å². The van der Waals surface area contributed by atoms with Gasteiger partial charge in [-0.05, 0) is 41.7 Å². The zero-order chi connectivity index (χ0) is 20.1. The molecule has 0 saturated carbocycles. The average Bonchev–Trinajstić information content (AvgIpc) is 2.78. The van der Waals surface area contributed by atoms with Crippen LogP contribution in [0.15, 0.2) is 78.9 Å². The van der Waals surface area contributed by atoms with Crippen LogP contribution < -0.4 is 4.90 Å². The summed E-state index contributed by atoms with van der Waals surface area (Å²) in [4.78, 5) is 15.1. The Morgan fingerprint density at radius 1 is 0.931 bits per heavy atom. The SMILES string of the molecule is O=C(OCc1ccccc1)c1ccccc1N1Cc2ccccc2C[C@H]1CCO. The Hall–Kier alpha value is -3.11. The van der Waals surface area contributed by atoms with E-state index in [4.69, 9.17) is 4.74 Å². The molecule has 1 heterocycles. The number of benzene rings is 3. The summed E-state index contributed by atoms with van der Waals surface area (Å²) in [5.41, 5.74) is 4.95. The molecule has 0 saturated heterocycles. The van der Waals surface area contributed by atoms with Crippen LogP contribution in [0.3, 0.4) is 0 Å². The van der Waals surface area contributed by atoms with Gasteiger partial charge in [0.05, 0.1) is 11.3 Å². The highest BCUT2D eigenvalue weighted by Crippen LogP contribution is 2.32. The second kappa shape index (κ2) is 8.93. The smallest absolute Gasteiger partial charge is 0.340 e. The maximum Gasteiger partial charge on any atom is 0.340 e. The molecule has 0 unspecified atom stereocenters. The Balaban J connectivity index is 1.60. The first kappa shape index (κ1) is 19.2. The molecule has 3 aromatic rings. The van der Waals surface area contributed by atoms with Gasteiger partial charge in [0.15, 0.2) is 0 Å². The van der Waals surface area contributed by atoms with E-state index in [9.17, 15) is 9.90 Å². The number of rotatable bonds is 6. The molecule has 0 bridgehead atoms. The summed E-state index contributed by atoms with van der Waals surface area (Å²) < 4.78 is 5.60. The molecule has 0 aliphatic carbocycles. The monoisotopic (exact) mass is 387 g/mol. The summed E-state index contributed by atoms with van der Waals surface area (Å²) in [5.74, 6) is -0.328. The fourth-order valence-corrected chi connectivity index (χ4v) is 3.97. The minimum Gasteiger partial charge on any atom is -0.457 e. The molecule has 4 nitrogen and oxygen atoms in total. The predicted molar refractivity (Wildman–Crippen MR) is 114 cm³/mol. The molecular weight excluding hydrogens is 362 g/mol. The van der Waals surface area contributed by atoms with Gasteiger partial charge in [-0.3, -0.25) is 0 Å². The maximum absolute atomic E-state index is 12.9. The Morgan fingerprint density at radius 2 is 1.62 bits per heavy atom. The van der Waals surface area contributed by atoms with E-state index in [0.29, 0.717) is 18.5 Å². The Bertz CT molecular complexity index is 971. The summed E-state index contributed by atoms with van der Waals surface area (Å²) in [6, 6.07) is 25.8. The van der Waals surface area contributed by atoms with Crippen LogP contribution in [-0.4, -0.2) is 23.7 Å². The zero-order valence-electron chi connectivity index (χ0n) is 16.3. The lowest BCUT2D eigenvalue weighted by molar-refractivity contribution is 0.0473. The molecule has 0 aromatic heterocycles. The number of ether oxygens (including phenoxy) is 1. The minimum atomic E-state index is -0.328. The summed E-state index contributed by atoms with van der Waals surface area (Å²) in [7, 11) is 0. The normalized spacial score (nSPS) is 15.6. The number of anilines is 1. The molecule has 148 valence electrons. The van der Waals surface area contributed by atoms with E-state index in [0.717, 1.165) is 17.7 Å². The Morgan fingerprint density at radius 3 is 2.41 bits per heavy atom. The molecule has 1 aliphatic rings.